The van der Waals surface area contributed by atoms with Crippen LogP contribution in [-0.2, 0) is 9.84 Å². The van der Waals surface area contributed by atoms with Crippen LogP contribution in [0.4, 0.5) is 0 Å². The van der Waals surface area contributed by atoms with E-state index >= 15 is 0 Å². The molecule has 0 aromatic heterocycles. The van der Waals surface area contributed by atoms with Crippen LogP contribution >= 0.6 is 27.5 Å². The van der Waals surface area contributed by atoms with Crippen molar-refractivity contribution in [2.75, 3.05) is 5.75 Å². The minimum absolute atomic E-state index is 0.104. The molecule has 0 bridgehead atoms. The Morgan fingerprint density at radius 2 is 1.80 bits per heavy atom. The molecular weight excluding hydrogens is 364 g/mol. The van der Waals surface area contributed by atoms with Gasteiger partial charge in [-0.2, -0.15) is 0 Å². The fourth-order valence-electron chi connectivity index (χ4n) is 1.68. The van der Waals surface area contributed by atoms with E-state index in [0.29, 0.717) is 4.47 Å². The number of carbonyl (C=O) groups is 1. The van der Waals surface area contributed by atoms with Gasteiger partial charge in [-0.25, -0.2) is 8.42 Å². The second kappa shape index (κ2) is 6.08. The van der Waals surface area contributed by atoms with Crippen LogP contribution in [0, 0.1) is 0 Å². The van der Waals surface area contributed by atoms with Crippen molar-refractivity contribution in [2.45, 2.75) is 4.90 Å². The van der Waals surface area contributed by atoms with Crippen LogP contribution in [0.3, 0.4) is 0 Å². The van der Waals surface area contributed by atoms with E-state index in [0.717, 1.165) is 0 Å². The summed E-state index contributed by atoms with van der Waals surface area (Å²) in [5.74, 6) is -1.12. The van der Waals surface area contributed by atoms with Crippen LogP contribution in [0.15, 0.2) is 57.9 Å². The molecule has 2 aromatic carbocycles. The van der Waals surface area contributed by atoms with Gasteiger partial charge >= 0.3 is 0 Å². The molecule has 2 rings (SSSR count). The van der Waals surface area contributed by atoms with Gasteiger partial charge in [-0.3, -0.25) is 4.79 Å². The maximum absolute atomic E-state index is 12.2. The molecule has 0 radical (unpaired) electrons. The van der Waals surface area contributed by atoms with E-state index in [4.69, 9.17) is 11.6 Å². The first-order valence-corrected chi connectivity index (χ1v) is 8.48. The highest BCUT2D eigenvalue weighted by atomic mass is 79.9. The van der Waals surface area contributed by atoms with Crippen molar-refractivity contribution in [2.24, 2.45) is 0 Å². The predicted molar refractivity (Wildman–Crippen MR) is 82.0 cm³/mol. The third-order valence-electron chi connectivity index (χ3n) is 2.65. The molecule has 0 fully saturated rings. The summed E-state index contributed by atoms with van der Waals surface area (Å²) in [6, 6.07) is 12.6. The average Bonchev–Trinajstić information content (AvgIpc) is 2.38. The Hall–Kier alpha value is -1.17. The van der Waals surface area contributed by atoms with Gasteiger partial charge in [-0.05, 0) is 30.3 Å². The normalized spacial score (nSPS) is 11.3. The highest BCUT2D eigenvalue weighted by molar-refractivity contribution is 9.10. The lowest BCUT2D eigenvalue weighted by Gasteiger charge is -2.06. The SMILES string of the molecule is O=C(CS(=O)(=O)c1cccc(Br)c1)c1ccccc1Cl. The third-order valence-corrected chi connectivity index (χ3v) is 5.09. The molecule has 6 heteroatoms. The van der Waals surface area contributed by atoms with Crippen molar-refractivity contribution in [1.29, 1.82) is 0 Å². The molecule has 0 aliphatic heterocycles. The van der Waals surface area contributed by atoms with Crippen molar-refractivity contribution < 1.29 is 13.2 Å². The molecule has 0 N–H and O–H groups in total. The number of Topliss-reactive ketones (excluding diaryl/α,β-unsaturated/α-hetero) is 1. The fourth-order valence-corrected chi connectivity index (χ4v) is 3.73. The van der Waals surface area contributed by atoms with E-state index in [1.54, 1.807) is 30.3 Å². The molecule has 0 aliphatic carbocycles. The van der Waals surface area contributed by atoms with Gasteiger partial charge in [0.25, 0.3) is 0 Å². The Morgan fingerprint density at radius 1 is 1.10 bits per heavy atom. The Balaban J connectivity index is 2.30. The maximum Gasteiger partial charge on any atom is 0.185 e. The molecule has 0 saturated heterocycles. The van der Waals surface area contributed by atoms with Crippen LogP contribution in [0.2, 0.25) is 5.02 Å². The number of hydrogen-bond donors (Lipinski definition) is 0. The summed E-state index contributed by atoms with van der Waals surface area (Å²) in [6.45, 7) is 0. The quantitative estimate of drug-likeness (QED) is 0.767. The van der Waals surface area contributed by atoms with Crippen LogP contribution in [0.25, 0.3) is 0 Å². The van der Waals surface area contributed by atoms with E-state index in [1.165, 1.54) is 18.2 Å². The first kappa shape index (κ1) is 15.2. The minimum atomic E-state index is -3.69. The molecule has 0 atom stereocenters. The van der Waals surface area contributed by atoms with Gasteiger partial charge in [0.15, 0.2) is 15.6 Å². The van der Waals surface area contributed by atoms with Gasteiger partial charge in [-0.1, -0.05) is 45.7 Å². The van der Waals surface area contributed by atoms with Crippen LogP contribution in [0.5, 0.6) is 0 Å². The number of ketones is 1. The van der Waals surface area contributed by atoms with Gasteiger partial charge < -0.3 is 0 Å². The van der Waals surface area contributed by atoms with Gasteiger partial charge in [-0.15, -0.1) is 0 Å². The first-order chi connectivity index (χ1) is 9.40. The second-order valence-corrected chi connectivity index (χ2v) is 7.43. The third kappa shape index (κ3) is 3.48. The van der Waals surface area contributed by atoms with E-state index in [1.807, 2.05) is 0 Å². The average molecular weight is 374 g/mol. The molecule has 3 nitrogen and oxygen atoms in total. The van der Waals surface area contributed by atoms with Gasteiger partial charge in [0, 0.05) is 10.0 Å². The zero-order chi connectivity index (χ0) is 14.8. The Bertz CT molecular complexity index is 757. The van der Waals surface area contributed by atoms with Crippen molar-refractivity contribution in [3.05, 3.63) is 63.6 Å². The zero-order valence-corrected chi connectivity index (χ0v) is 13.4. The van der Waals surface area contributed by atoms with E-state index < -0.39 is 21.4 Å². The molecule has 0 heterocycles. The molecule has 0 aliphatic rings. The summed E-state index contributed by atoms with van der Waals surface area (Å²) in [4.78, 5) is 12.2. The predicted octanol–water partition coefficient (Wildman–Crippen LogP) is 3.76. The Labute approximate surface area is 130 Å². The van der Waals surface area contributed by atoms with E-state index in [2.05, 4.69) is 15.9 Å². The van der Waals surface area contributed by atoms with Crippen LogP contribution in [-0.4, -0.2) is 20.0 Å². The summed E-state index contributed by atoms with van der Waals surface area (Å²) in [7, 11) is -3.69. The highest BCUT2D eigenvalue weighted by Gasteiger charge is 2.21. The van der Waals surface area contributed by atoms with Gasteiger partial charge in [0.05, 0.1) is 9.92 Å². The van der Waals surface area contributed by atoms with E-state index in [-0.39, 0.29) is 15.5 Å². The first-order valence-electron chi connectivity index (χ1n) is 5.66. The molecule has 0 spiro atoms. The molecular formula is C14H10BrClO3S. The van der Waals surface area contributed by atoms with Crippen LogP contribution < -0.4 is 0 Å². The summed E-state index contributed by atoms with van der Waals surface area (Å²) >= 11 is 9.10. The number of sulfone groups is 1. The lowest BCUT2D eigenvalue weighted by molar-refractivity contribution is 0.102. The van der Waals surface area contributed by atoms with Gasteiger partial charge in [0.2, 0.25) is 0 Å². The highest BCUT2D eigenvalue weighted by Crippen LogP contribution is 2.20. The minimum Gasteiger partial charge on any atom is -0.293 e. The van der Waals surface area contributed by atoms with Crippen molar-refractivity contribution in [3.8, 4) is 0 Å². The number of benzene rings is 2. The number of hydrogen-bond acceptors (Lipinski definition) is 3. The summed E-state index contributed by atoms with van der Waals surface area (Å²) in [5, 5.41) is 0.252. The molecule has 0 saturated carbocycles. The second-order valence-electron chi connectivity index (χ2n) is 4.12. The monoisotopic (exact) mass is 372 g/mol. The van der Waals surface area contributed by atoms with Gasteiger partial charge in [0.1, 0.15) is 5.75 Å². The fraction of sp³-hybridized carbons (Fsp3) is 0.0714. The largest absolute Gasteiger partial charge is 0.293 e. The summed E-state index contributed by atoms with van der Waals surface area (Å²) in [6.07, 6.45) is 0. The molecule has 2 aromatic rings. The van der Waals surface area contributed by atoms with E-state index in [9.17, 15) is 13.2 Å². The molecule has 104 valence electrons. The lowest BCUT2D eigenvalue weighted by Crippen LogP contribution is -2.16. The maximum atomic E-state index is 12.2. The summed E-state index contributed by atoms with van der Waals surface area (Å²) < 4.78 is 25.0. The van der Waals surface area contributed by atoms with Crippen molar-refractivity contribution >= 4 is 43.2 Å². The smallest absolute Gasteiger partial charge is 0.185 e. The van der Waals surface area contributed by atoms with Crippen molar-refractivity contribution in [3.63, 3.8) is 0 Å². The zero-order valence-electron chi connectivity index (χ0n) is 10.2. The lowest BCUT2D eigenvalue weighted by atomic mass is 10.1. The number of carbonyl (C=O) groups excluding carboxylic acids is 1. The number of halogens is 2. The molecule has 20 heavy (non-hydrogen) atoms. The summed E-state index contributed by atoms with van der Waals surface area (Å²) in [5.41, 5.74) is 0.215. The molecule has 0 unspecified atom stereocenters. The standard InChI is InChI=1S/C14H10BrClO3S/c15-10-4-3-5-11(8-10)20(18,19)9-14(17)12-6-1-2-7-13(12)16/h1-8H,9H2. The van der Waals surface area contributed by atoms with Crippen molar-refractivity contribution in [1.82, 2.24) is 0 Å². The Kier molecular flexibility index (Phi) is 4.62. The Morgan fingerprint density at radius 3 is 2.45 bits per heavy atom. The molecule has 0 amide bonds. The topological polar surface area (TPSA) is 51.2 Å². The van der Waals surface area contributed by atoms with Crippen LogP contribution in [0.1, 0.15) is 10.4 Å². The number of rotatable bonds is 4.